The van der Waals surface area contributed by atoms with Crippen LogP contribution in [0.1, 0.15) is 52.4 Å². The molecule has 2 unspecified atom stereocenters. The van der Waals surface area contributed by atoms with Gasteiger partial charge in [0.15, 0.2) is 5.96 Å². The quantitative estimate of drug-likeness (QED) is 0.243. The van der Waals surface area contributed by atoms with Crippen molar-refractivity contribution in [2.75, 3.05) is 53.6 Å². The van der Waals surface area contributed by atoms with E-state index in [2.05, 4.69) is 34.0 Å². The van der Waals surface area contributed by atoms with Gasteiger partial charge in [-0.25, -0.2) is 0 Å². The van der Waals surface area contributed by atoms with Crippen LogP contribution in [0.25, 0.3) is 0 Å². The maximum atomic E-state index is 5.96. The second kappa shape index (κ2) is 14.0. The van der Waals surface area contributed by atoms with Gasteiger partial charge in [-0.3, -0.25) is 9.89 Å². The number of nitrogens with one attached hydrogen (secondary N) is 1. The zero-order chi connectivity index (χ0) is 18.8. The maximum Gasteiger partial charge on any atom is 0.193 e. The van der Waals surface area contributed by atoms with Crippen molar-refractivity contribution < 1.29 is 9.47 Å². The molecule has 2 fully saturated rings. The number of hydrogen-bond acceptors (Lipinski definition) is 4. The lowest BCUT2D eigenvalue weighted by molar-refractivity contribution is 0.00982. The van der Waals surface area contributed by atoms with Crippen molar-refractivity contribution in [2.45, 2.75) is 70.6 Å². The Kier molecular flexibility index (Phi) is 12.9. The Morgan fingerprint density at radius 2 is 1.89 bits per heavy atom. The molecule has 160 valence electrons. The molecule has 27 heavy (non-hydrogen) atoms. The number of rotatable bonds is 8. The minimum atomic E-state index is 0. The van der Waals surface area contributed by atoms with Crippen LogP contribution in [-0.2, 0) is 9.47 Å². The summed E-state index contributed by atoms with van der Waals surface area (Å²) >= 11 is 0. The van der Waals surface area contributed by atoms with Crippen molar-refractivity contribution >= 4 is 29.9 Å². The summed E-state index contributed by atoms with van der Waals surface area (Å²) in [5.74, 6) is 1.04. The highest BCUT2D eigenvalue weighted by atomic mass is 127. The molecule has 7 heteroatoms. The molecule has 0 aromatic carbocycles. The summed E-state index contributed by atoms with van der Waals surface area (Å²) in [4.78, 5) is 9.53. The summed E-state index contributed by atoms with van der Waals surface area (Å²) in [5.41, 5.74) is 0. The molecule has 2 aliphatic rings. The molecule has 2 aliphatic heterocycles. The van der Waals surface area contributed by atoms with E-state index in [1.807, 2.05) is 7.05 Å². The van der Waals surface area contributed by atoms with Crippen molar-refractivity contribution in [3.05, 3.63) is 0 Å². The van der Waals surface area contributed by atoms with Gasteiger partial charge in [0.2, 0.25) is 0 Å². The van der Waals surface area contributed by atoms with Crippen LogP contribution in [0.2, 0.25) is 0 Å². The van der Waals surface area contributed by atoms with Gasteiger partial charge in [-0.05, 0) is 52.5 Å². The molecule has 0 aromatic heterocycles. The highest BCUT2D eigenvalue weighted by molar-refractivity contribution is 14.0. The normalized spacial score (nSPS) is 23.8. The van der Waals surface area contributed by atoms with Gasteiger partial charge in [-0.15, -0.1) is 24.0 Å². The first kappa shape index (κ1) is 24.9. The lowest BCUT2D eigenvalue weighted by Crippen LogP contribution is -2.52. The fourth-order valence-corrected chi connectivity index (χ4v) is 4.15. The van der Waals surface area contributed by atoms with Gasteiger partial charge < -0.3 is 19.7 Å². The average molecular weight is 496 g/mol. The summed E-state index contributed by atoms with van der Waals surface area (Å²) in [6, 6.07) is 1.25. The van der Waals surface area contributed by atoms with Crippen LogP contribution in [0.15, 0.2) is 4.99 Å². The van der Waals surface area contributed by atoms with Crippen LogP contribution in [0.3, 0.4) is 0 Å². The highest BCUT2D eigenvalue weighted by Crippen LogP contribution is 2.19. The molecule has 1 N–H and O–H groups in total. The summed E-state index contributed by atoms with van der Waals surface area (Å²) in [6.07, 6.45) is 7.56. The number of methoxy groups -OCH3 is 1. The second-order valence-electron chi connectivity index (χ2n) is 7.76. The monoisotopic (exact) mass is 496 g/mol. The molecule has 0 bridgehead atoms. The molecule has 0 aliphatic carbocycles. The molecule has 0 saturated carbocycles. The number of guanidine groups is 1. The molecule has 0 spiro atoms. The van der Waals surface area contributed by atoms with E-state index >= 15 is 0 Å². The molecule has 2 rings (SSSR count). The van der Waals surface area contributed by atoms with Crippen LogP contribution in [0.5, 0.6) is 0 Å². The topological polar surface area (TPSA) is 49.3 Å². The molecule has 0 amide bonds. The van der Waals surface area contributed by atoms with Gasteiger partial charge in [-0.2, -0.15) is 0 Å². The molecular weight excluding hydrogens is 455 g/mol. The minimum Gasteiger partial charge on any atom is -0.385 e. The van der Waals surface area contributed by atoms with Gasteiger partial charge in [-0.1, -0.05) is 6.42 Å². The summed E-state index contributed by atoms with van der Waals surface area (Å²) in [5, 5.41) is 3.61. The van der Waals surface area contributed by atoms with Crippen molar-refractivity contribution in [3.8, 4) is 0 Å². The predicted molar refractivity (Wildman–Crippen MR) is 123 cm³/mol. The Balaban J connectivity index is 0.00000364. The van der Waals surface area contributed by atoms with E-state index in [-0.39, 0.29) is 24.0 Å². The molecule has 2 heterocycles. The predicted octanol–water partition coefficient (Wildman–Crippen LogP) is 2.96. The first-order chi connectivity index (χ1) is 12.7. The van der Waals surface area contributed by atoms with Crippen molar-refractivity contribution in [2.24, 2.45) is 4.99 Å². The number of aliphatic imine (C=N–C) groups is 1. The Morgan fingerprint density at radius 1 is 1.15 bits per heavy atom. The molecule has 0 aromatic rings. The van der Waals surface area contributed by atoms with Gasteiger partial charge in [0.1, 0.15) is 0 Å². The third kappa shape index (κ3) is 8.41. The van der Waals surface area contributed by atoms with Crippen molar-refractivity contribution in [3.63, 3.8) is 0 Å². The fourth-order valence-electron chi connectivity index (χ4n) is 4.15. The van der Waals surface area contributed by atoms with Crippen LogP contribution in [-0.4, -0.2) is 87.5 Å². The number of piperidine rings is 2. The average Bonchev–Trinajstić information content (AvgIpc) is 2.67. The number of nitrogens with zero attached hydrogens (tertiary/aromatic N) is 3. The Hall–Kier alpha value is -0.120. The van der Waals surface area contributed by atoms with Crippen LogP contribution < -0.4 is 5.32 Å². The van der Waals surface area contributed by atoms with Crippen LogP contribution >= 0.6 is 24.0 Å². The molecule has 6 nitrogen and oxygen atoms in total. The highest BCUT2D eigenvalue weighted by Gasteiger charge is 2.25. The summed E-state index contributed by atoms with van der Waals surface area (Å²) in [7, 11) is 3.63. The molecule has 2 saturated heterocycles. The van der Waals surface area contributed by atoms with E-state index in [9.17, 15) is 0 Å². The number of likely N-dealkylation sites (tertiary alicyclic amines) is 2. The van der Waals surface area contributed by atoms with E-state index in [1.54, 1.807) is 7.11 Å². The third-order valence-electron chi connectivity index (χ3n) is 5.78. The van der Waals surface area contributed by atoms with E-state index in [0.29, 0.717) is 18.2 Å². The maximum absolute atomic E-state index is 5.96. The van der Waals surface area contributed by atoms with E-state index in [0.717, 1.165) is 58.1 Å². The van der Waals surface area contributed by atoms with Gasteiger partial charge in [0, 0.05) is 59.1 Å². The first-order valence-corrected chi connectivity index (χ1v) is 10.5. The van der Waals surface area contributed by atoms with Crippen molar-refractivity contribution in [1.29, 1.82) is 0 Å². The van der Waals surface area contributed by atoms with E-state index in [1.165, 1.54) is 25.8 Å². The Morgan fingerprint density at radius 3 is 2.52 bits per heavy atom. The number of halogens is 1. The van der Waals surface area contributed by atoms with Gasteiger partial charge in [0.05, 0.1) is 6.10 Å². The fraction of sp³-hybridized carbons (Fsp3) is 0.950. The van der Waals surface area contributed by atoms with Crippen molar-refractivity contribution in [1.82, 2.24) is 15.1 Å². The molecule has 0 radical (unpaired) electrons. The number of ether oxygens (including phenoxy) is 2. The smallest absolute Gasteiger partial charge is 0.193 e. The van der Waals surface area contributed by atoms with Gasteiger partial charge in [0.25, 0.3) is 0 Å². The van der Waals surface area contributed by atoms with E-state index in [4.69, 9.17) is 9.47 Å². The number of hydrogen-bond donors (Lipinski definition) is 1. The minimum absolute atomic E-state index is 0. The van der Waals surface area contributed by atoms with Crippen LogP contribution in [0, 0.1) is 0 Å². The summed E-state index contributed by atoms with van der Waals surface area (Å²) < 4.78 is 11.0. The summed E-state index contributed by atoms with van der Waals surface area (Å²) in [6.45, 7) is 10.5. The first-order valence-electron chi connectivity index (χ1n) is 10.5. The second-order valence-corrected chi connectivity index (χ2v) is 7.76. The Labute approximate surface area is 183 Å². The lowest BCUT2D eigenvalue weighted by atomic mass is 10.0. The molecular formula is C20H41IN4O2. The zero-order valence-electron chi connectivity index (χ0n) is 17.8. The van der Waals surface area contributed by atoms with E-state index < -0.39 is 0 Å². The van der Waals surface area contributed by atoms with Crippen LogP contribution in [0.4, 0.5) is 0 Å². The molecule has 2 atom stereocenters. The SMILES string of the molecule is CN=C(NCC(C)N1CCCCC1C)N1CCC(OCCCOC)CC1.I. The van der Waals surface area contributed by atoms with Gasteiger partial charge >= 0.3 is 0 Å². The third-order valence-corrected chi connectivity index (χ3v) is 5.78. The largest absolute Gasteiger partial charge is 0.385 e. The standard InChI is InChI=1S/C20H40N4O2.HI/c1-17-8-5-6-11-24(17)18(2)16-22-20(21-3)23-12-9-19(10-13-23)26-15-7-14-25-4;/h17-19H,5-16H2,1-4H3,(H,21,22);1H. The Bertz CT molecular complexity index is 417. The zero-order valence-corrected chi connectivity index (χ0v) is 20.1. The lowest BCUT2D eigenvalue weighted by Gasteiger charge is -2.39.